The van der Waals surface area contributed by atoms with Gasteiger partial charge in [-0.25, -0.2) is 22.8 Å². The third-order valence-electron chi connectivity index (χ3n) is 11.1. The fraction of sp³-hybridized carbons (Fsp3) is 0.317. The van der Waals surface area contributed by atoms with Gasteiger partial charge in [0.05, 0.1) is 12.2 Å². The molecule has 0 radical (unpaired) electrons. The zero-order valence-corrected chi connectivity index (χ0v) is 31.9. The Morgan fingerprint density at radius 2 is 1.72 bits per heavy atom. The van der Waals surface area contributed by atoms with Gasteiger partial charge in [0.15, 0.2) is 5.82 Å². The number of imide groups is 1. The van der Waals surface area contributed by atoms with E-state index in [2.05, 4.69) is 41.9 Å². The summed E-state index contributed by atoms with van der Waals surface area (Å²) in [7, 11) is 1.76. The summed E-state index contributed by atoms with van der Waals surface area (Å²) in [6.07, 6.45) is 4.26. The third-order valence-corrected chi connectivity index (χ3v) is 11.1. The molecule has 17 heteroatoms. The molecule has 0 bridgehead atoms. The Morgan fingerprint density at radius 3 is 2.41 bits per heavy atom. The molecular weight excluding hydrogens is 754 g/mol. The number of nitrogens with one attached hydrogen (secondary N) is 3. The Labute approximate surface area is 331 Å². The largest absolute Gasteiger partial charge is 0.369 e. The van der Waals surface area contributed by atoms with E-state index in [-0.39, 0.29) is 46.4 Å². The Balaban J connectivity index is 0.919. The van der Waals surface area contributed by atoms with Crippen LogP contribution in [0.3, 0.4) is 0 Å². The van der Waals surface area contributed by atoms with E-state index in [1.807, 2.05) is 12.1 Å². The summed E-state index contributed by atoms with van der Waals surface area (Å²) in [4.78, 5) is 58.2. The van der Waals surface area contributed by atoms with E-state index < -0.39 is 47.0 Å². The molecule has 1 atom stereocenters. The summed E-state index contributed by atoms with van der Waals surface area (Å²) >= 11 is 0. The topological polar surface area (TPSA) is 173 Å². The van der Waals surface area contributed by atoms with Crippen LogP contribution in [0.4, 0.5) is 36.2 Å². The second-order valence-corrected chi connectivity index (χ2v) is 14.9. The van der Waals surface area contributed by atoms with E-state index in [0.717, 1.165) is 43.1 Å². The van der Waals surface area contributed by atoms with Gasteiger partial charge < -0.3 is 25.8 Å². The first-order chi connectivity index (χ1) is 27.8. The van der Waals surface area contributed by atoms with Gasteiger partial charge in [0.1, 0.15) is 34.5 Å². The molecule has 5 heterocycles. The number of hydrogen-bond donors (Lipinski definition) is 4. The standard InChI is InChI=1S/C41H41F3N10O4/c1-22-26(40(57)48-32-20-51(2)21-46-32)4-5-28(36(22)44)37-35(38(45)56)39-47-31-7-3-25(19-24(31)10-12-54(39)50-37)53-15-13-52(14-16-53)11-9-23-17-29(42)34(30(43)18-23)27-6-8-33(55)49-41(27)58/h3-5,7,17-21,27,47H,6,8-16H2,1-2H3,(H2,45,56)(H,48,57)(H,49,55,58). The molecule has 5 aromatic rings. The van der Waals surface area contributed by atoms with Crippen molar-refractivity contribution < 1.29 is 32.3 Å². The minimum absolute atomic E-state index is 0.0350. The Morgan fingerprint density at radius 1 is 0.966 bits per heavy atom. The molecule has 2 saturated heterocycles. The van der Waals surface area contributed by atoms with Crippen molar-refractivity contribution in [2.24, 2.45) is 12.8 Å². The summed E-state index contributed by atoms with van der Waals surface area (Å²) < 4.78 is 49.4. The van der Waals surface area contributed by atoms with E-state index in [0.29, 0.717) is 43.1 Å². The molecule has 58 heavy (non-hydrogen) atoms. The summed E-state index contributed by atoms with van der Waals surface area (Å²) in [5.41, 5.74) is 9.23. The number of benzene rings is 3. The number of piperidine rings is 1. The Kier molecular flexibility index (Phi) is 10.2. The highest BCUT2D eigenvalue weighted by molar-refractivity contribution is 6.07. The van der Waals surface area contributed by atoms with Crippen LogP contribution in [0.2, 0.25) is 0 Å². The highest BCUT2D eigenvalue weighted by atomic mass is 19.1. The van der Waals surface area contributed by atoms with E-state index in [1.54, 1.807) is 22.5 Å². The number of hydrogen-bond acceptors (Lipinski definition) is 9. The van der Waals surface area contributed by atoms with Gasteiger partial charge in [-0.3, -0.25) is 29.4 Å². The normalized spacial score (nSPS) is 16.9. The maximum absolute atomic E-state index is 16.0. The smallest absolute Gasteiger partial charge is 0.257 e. The molecule has 300 valence electrons. The molecule has 4 amide bonds. The highest BCUT2D eigenvalue weighted by Gasteiger charge is 2.33. The van der Waals surface area contributed by atoms with Crippen molar-refractivity contribution in [1.82, 2.24) is 29.5 Å². The highest BCUT2D eigenvalue weighted by Crippen LogP contribution is 2.38. The number of nitrogens with two attached hydrogens (primary N) is 1. The second kappa shape index (κ2) is 15.5. The van der Waals surface area contributed by atoms with Crippen molar-refractivity contribution in [3.05, 3.63) is 106 Å². The lowest BCUT2D eigenvalue weighted by Gasteiger charge is -2.36. The predicted octanol–water partition coefficient (Wildman–Crippen LogP) is 4.55. The van der Waals surface area contributed by atoms with Gasteiger partial charge >= 0.3 is 0 Å². The lowest BCUT2D eigenvalue weighted by atomic mass is 9.89. The maximum Gasteiger partial charge on any atom is 0.257 e. The van der Waals surface area contributed by atoms with Crippen molar-refractivity contribution >= 4 is 46.6 Å². The number of halogens is 3. The molecule has 0 aliphatic carbocycles. The molecule has 5 N–H and O–H groups in total. The molecule has 3 aliphatic heterocycles. The number of carbonyl (C=O) groups is 4. The zero-order valence-electron chi connectivity index (χ0n) is 31.9. The van der Waals surface area contributed by atoms with Crippen LogP contribution in [0.25, 0.3) is 11.3 Å². The van der Waals surface area contributed by atoms with Crippen LogP contribution in [0.15, 0.2) is 55.0 Å². The molecule has 1 unspecified atom stereocenters. The summed E-state index contributed by atoms with van der Waals surface area (Å²) in [6.45, 7) is 5.41. The lowest BCUT2D eigenvalue weighted by Crippen LogP contribution is -2.47. The minimum atomic E-state index is -1.03. The molecule has 8 rings (SSSR count). The molecule has 2 aromatic heterocycles. The Hall–Kier alpha value is -6.49. The average molecular weight is 795 g/mol. The van der Waals surface area contributed by atoms with Gasteiger partial charge in [-0.05, 0) is 85.3 Å². The first-order valence-corrected chi connectivity index (χ1v) is 19.0. The van der Waals surface area contributed by atoms with Gasteiger partial charge in [-0.1, -0.05) is 0 Å². The number of piperazine rings is 1. The molecule has 3 aromatic carbocycles. The van der Waals surface area contributed by atoms with Crippen LogP contribution in [0.5, 0.6) is 0 Å². The van der Waals surface area contributed by atoms with E-state index in [9.17, 15) is 19.2 Å². The number of aryl methyl sites for hydroxylation is 3. The predicted molar refractivity (Wildman–Crippen MR) is 209 cm³/mol. The van der Waals surface area contributed by atoms with Crippen molar-refractivity contribution in [2.75, 3.05) is 48.3 Å². The summed E-state index contributed by atoms with van der Waals surface area (Å²) in [5, 5.41) is 12.8. The fourth-order valence-corrected chi connectivity index (χ4v) is 8.01. The van der Waals surface area contributed by atoms with E-state index in [4.69, 9.17) is 5.73 Å². The molecule has 3 aliphatic rings. The third kappa shape index (κ3) is 7.40. The van der Waals surface area contributed by atoms with Crippen molar-refractivity contribution in [3.8, 4) is 11.3 Å². The van der Waals surface area contributed by atoms with Gasteiger partial charge in [-0.15, -0.1) is 0 Å². The minimum Gasteiger partial charge on any atom is -0.369 e. The van der Waals surface area contributed by atoms with E-state index in [1.165, 1.54) is 37.5 Å². The monoisotopic (exact) mass is 794 g/mol. The lowest BCUT2D eigenvalue weighted by molar-refractivity contribution is -0.134. The SMILES string of the molecule is Cc1c(C(=O)Nc2cn(C)cn2)ccc(-c2nn3c(c2C(N)=O)Nc2ccc(N4CCN(CCc5cc(F)c(C6CCC(=O)NC6=O)c(F)c5)CC4)cc2CC3)c1F. The molecule has 0 saturated carbocycles. The first-order valence-electron chi connectivity index (χ1n) is 19.0. The number of amides is 4. The number of anilines is 4. The van der Waals surface area contributed by atoms with Crippen LogP contribution in [0, 0.1) is 24.4 Å². The van der Waals surface area contributed by atoms with Gasteiger partial charge in [0.25, 0.3) is 11.8 Å². The number of carbonyl (C=O) groups excluding carboxylic acids is 4. The number of rotatable bonds is 9. The second-order valence-electron chi connectivity index (χ2n) is 14.9. The van der Waals surface area contributed by atoms with Crippen LogP contribution < -0.4 is 26.6 Å². The van der Waals surface area contributed by atoms with Crippen LogP contribution in [-0.2, 0) is 36.0 Å². The number of imidazole rings is 1. The van der Waals surface area contributed by atoms with Gasteiger partial charge in [0.2, 0.25) is 11.8 Å². The number of nitrogens with zero attached hydrogens (tertiary/aromatic N) is 6. The maximum atomic E-state index is 16.0. The van der Waals surface area contributed by atoms with Crippen molar-refractivity contribution in [1.29, 1.82) is 0 Å². The zero-order chi connectivity index (χ0) is 40.8. The van der Waals surface area contributed by atoms with Crippen LogP contribution in [-0.4, -0.2) is 80.6 Å². The van der Waals surface area contributed by atoms with Crippen LogP contribution in [0.1, 0.15) is 61.7 Å². The van der Waals surface area contributed by atoms with Gasteiger partial charge in [0, 0.05) is 87.0 Å². The van der Waals surface area contributed by atoms with E-state index >= 15 is 13.2 Å². The van der Waals surface area contributed by atoms with Crippen molar-refractivity contribution in [3.63, 3.8) is 0 Å². The number of fused-ring (bicyclic) bond motifs is 2. The van der Waals surface area contributed by atoms with Crippen molar-refractivity contribution in [2.45, 2.75) is 45.1 Å². The molecule has 2 fully saturated rings. The Bertz CT molecular complexity index is 2470. The molecular formula is C41H41F3N10O4. The molecule has 14 nitrogen and oxygen atoms in total. The average Bonchev–Trinajstić information content (AvgIpc) is 3.71. The summed E-state index contributed by atoms with van der Waals surface area (Å²) in [5.74, 6) is -5.03. The first kappa shape index (κ1) is 38.4. The van der Waals surface area contributed by atoms with Crippen LogP contribution >= 0.6 is 0 Å². The number of primary amides is 1. The quantitative estimate of drug-likeness (QED) is 0.156. The van der Waals surface area contributed by atoms with Gasteiger partial charge in [-0.2, -0.15) is 5.10 Å². The molecule has 0 spiro atoms. The number of aromatic nitrogens is 4. The fourth-order valence-electron chi connectivity index (χ4n) is 8.01. The summed E-state index contributed by atoms with van der Waals surface area (Å²) in [6, 6.07) is 11.5.